The molecule has 0 saturated carbocycles. The first-order chi connectivity index (χ1) is 25.2. The van der Waals surface area contributed by atoms with E-state index in [-0.39, 0.29) is 22.4 Å². The fraction of sp³-hybridized carbons (Fsp3) is 0.143. The summed E-state index contributed by atoms with van der Waals surface area (Å²) in [5.41, 5.74) is 4.78. The van der Waals surface area contributed by atoms with Crippen molar-refractivity contribution in [3.8, 4) is 11.5 Å². The predicted molar refractivity (Wildman–Crippen MR) is 212 cm³/mol. The number of amidine groups is 1. The molecule has 0 saturated heterocycles. The van der Waals surface area contributed by atoms with Gasteiger partial charge in [-0.2, -0.15) is 4.99 Å². The highest BCUT2D eigenvalue weighted by Crippen LogP contribution is 2.38. The van der Waals surface area contributed by atoms with Crippen molar-refractivity contribution < 1.29 is 23.9 Å². The van der Waals surface area contributed by atoms with E-state index in [4.69, 9.17) is 9.47 Å². The van der Waals surface area contributed by atoms with Crippen molar-refractivity contribution in [2.24, 2.45) is 4.99 Å². The van der Waals surface area contributed by atoms with Gasteiger partial charge < -0.3 is 14.8 Å². The Kier molecular flexibility index (Phi) is 13.2. The zero-order valence-electron chi connectivity index (χ0n) is 29.0. The van der Waals surface area contributed by atoms with E-state index in [1.807, 2.05) is 91.9 Å². The molecule has 0 radical (unpaired) electrons. The fourth-order valence-corrected chi connectivity index (χ4v) is 6.86. The first-order valence-corrected chi connectivity index (χ1v) is 18.2. The van der Waals surface area contributed by atoms with E-state index in [1.165, 1.54) is 18.1 Å². The van der Waals surface area contributed by atoms with Crippen molar-refractivity contribution in [2.75, 3.05) is 12.9 Å². The van der Waals surface area contributed by atoms with Crippen molar-refractivity contribution in [2.45, 2.75) is 26.5 Å². The zero-order chi connectivity index (χ0) is 37.0. The van der Waals surface area contributed by atoms with Crippen molar-refractivity contribution in [3.63, 3.8) is 0 Å². The van der Waals surface area contributed by atoms with Crippen molar-refractivity contribution in [1.82, 2.24) is 10.2 Å². The molecule has 264 valence electrons. The van der Waals surface area contributed by atoms with Crippen LogP contribution in [0.25, 0.3) is 6.08 Å². The van der Waals surface area contributed by atoms with Crippen LogP contribution in [0.15, 0.2) is 149 Å². The summed E-state index contributed by atoms with van der Waals surface area (Å²) in [6.07, 6.45) is 8.15. The molecule has 0 aliphatic carbocycles. The Morgan fingerprint density at radius 3 is 2.31 bits per heavy atom. The standard InChI is InChI=1S/C42H38BrN3O5S/c1-5-7-21-33(6-2)46-41(49)34(23-30-24-35(43)39(36(25-30)50-4)51-26-29-16-14-15-28(3)22-29)40(48)45-42(46)52-27-37(47)44-38(31-17-10-8-11-18-31)32-19-12-9-13-20-32/h5-25,38H,1,26-27H2,2-4H3,(H,44,47)/b21-7-,33-6+,34-23+. The van der Waals surface area contributed by atoms with Gasteiger partial charge in [0.2, 0.25) is 5.91 Å². The predicted octanol–water partition coefficient (Wildman–Crippen LogP) is 8.74. The highest BCUT2D eigenvalue weighted by Gasteiger charge is 2.35. The summed E-state index contributed by atoms with van der Waals surface area (Å²) in [6, 6.07) is 30.4. The first kappa shape index (κ1) is 37.8. The molecule has 0 fully saturated rings. The number of halogens is 1. The Balaban J connectivity index is 1.41. The molecule has 0 bridgehead atoms. The SMILES string of the molecule is C=C/C=C\C(=C/C)N1C(=O)/C(=C/c2cc(Br)c(OCc3cccc(C)c3)c(OC)c2)C(=O)N=C1SCC(=O)NC(c1ccccc1)c1ccccc1. The quantitative estimate of drug-likeness (QED) is 0.0829. The van der Waals surface area contributed by atoms with Crippen LogP contribution in [0.3, 0.4) is 0 Å². The van der Waals surface area contributed by atoms with Crippen LogP contribution in [0, 0.1) is 6.92 Å². The second-order valence-corrected chi connectivity index (χ2v) is 13.4. The number of carbonyl (C=O) groups excluding carboxylic acids is 3. The Bertz CT molecular complexity index is 2040. The molecule has 1 aliphatic rings. The second kappa shape index (κ2) is 18.2. The number of hydrogen-bond acceptors (Lipinski definition) is 6. The molecule has 3 amide bonds. The number of allylic oxidation sites excluding steroid dienone is 4. The third-order valence-corrected chi connectivity index (χ3v) is 9.47. The Labute approximate surface area is 316 Å². The first-order valence-electron chi connectivity index (χ1n) is 16.4. The van der Waals surface area contributed by atoms with Crippen LogP contribution < -0.4 is 14.8 Å². The summed E-state index contributed by atoms with van der Waals surface area (Å²) in [5, 5.41) is 3.19. The van der Waals surface area contributed by atoms with Crippen molar-refractivity contribution >= 4 is 56.7 Å². The summed E-state index contributed by atoms with van der Waals surface area (Å²) in [5.74, 6) is -0.811. The van der Waals surface area contributed by atoms with Crippen LogP contribution >= 0.6 is 27.7 Å². The number of amides is 3. The molecule has 0 unspecified atom stereocenters. The summed E-state index contributed by atoms with van der Waals surface area (Å²) < 4.78 is 12.3. The third kappa shape index (κ3) is 9.45. The maximum Gasteiger partial charge on any atom is 0.285 e. The smallest absolute Gasteiger partial charge is 0.285 e. The molecular weight excluding hydrogens is 738 g/mol. The molecule has 0 aromatic heterocycles. The zero-order valence-corrected chi connectivity index (χ0v) is 31.4. The fourth-order valence-electron chi connectivity index (χ4n) is 5.48. The topological polar surface area (TPSA) is 97.3 Å². The number of nitrogens with one attached hydrogen (secondary N) is 1. The van der Waals surface area contributed by atoms with E-state index in [9.17, 15) is 14.4 Å². The number of aryl methyl sites for hydroxylation is 1. The molecule has 0 atom stereocenters. The average Bonchev–Trinajstić information content (AvgIpc) is 3.15. The lowest BCUT2D eigenvalue weighted by atomic mass is 9.99. The highest BCUT2D eigenvalue weighted by molar-refractivity contribution is 9.10. The number of nitrogens with zero attached hydrogens (tertiary/aromatic N) is 2. The van der Waals surface area contributed by atoms with Crippen LogP contribution in [0.1, 0.15) is 40.8 Å². The van der Waals surface area contributed by atoms with E-state index in [0.717, 1.165) is 34.0 Å². The molecule has 4 aromatic rings. The number of hydrogen-bond donors (Lipinski definition) is 1. The van der Waals surface area contributed by atoms with Gasteiger partial charge in [-0.15, -0.1) is 0 Å². The minimum absolute atomic E-state index is 0.0822. The second-order valence-electron chi connectivity index (χ2n) is 11.6. The van der Waals surface area contributed by atoms with E-state index >= 15 is 0 Å². The Hall–Kier alpha value is -5.45. The maximum atomic E-state index is 14.2. The number of ether oxygens (including phenoxy) is 2. The normalized spacial score (nSPS) is 14.2. The molecule has 8 nitrogen and oxygen atoms in total. The van der Waals surface area contributed by atoms with Crippen molar-refractivity contribution in [1.29, 1.82) is 0 Å². The average molecular weight is 777 g/mol. The summed E-state index contributed by atoms with van der Waals surface area (Å²) in [6.45, 7) is 7.84. The molecule has 1 aliphatic heterocycles. The maximum absolute atomic E-state index is 14.2. The van der Waals surface area contributed by atoms with Gasteiger partial charge in [0.15, 0.2) is 16.7 Å². The number of benzene rings is 4. The molecule has 4 aromatic carbocycles. The van der Waals surface area contributed by atoms with Crippen LogP contribution in [0.5, 0.6) is 11.5 Å². The number of thioether (sulfide) groups is 1. The number of carbonyl (C=O) groups is 3. The van der Waals surface area contributed by atoms with Gasteiger partial charge in [0.1, 0.15) is 12.2 Å². The lowest BCUT2D eigenvalue weighted by Gasteiger charge is -2.28. The van der Waals surface area contributed by atoms with Gasteiger partial charge in [-0.1, -0.05) is 127 Å². The number of rotatable bonds is 13. The monoisotopic (exact) mass is 775 g/mol. The third-order valence-electron chi connectivity index (χ3n) is 7.94. The molecule has 5 rings (SSSR count). The van der Waals surface area contributed by atoms with Gasteiger partial charge in [-0.25, -0.2) is 0 Å². The van der Waals surface area contributed by atoms with Gasteiger partial charge in [-0.3, -0.25) is 19.3 Å². The summed E-state index contributed by atoms with van der Waals surface area (Å²) in [4.78, 5) is 46.8. The molecular formula is C42H38BrN3O5S. The largest absolute Gasteiger partial charge is 0.493 e. The molecule has 0 spiro atoms. The van der Waals surface area contributed by atoms with Crippen LogP contribution in [0.2, 0.25) is 0 Å². The highest BCUT2D eigenvalue weighted by atomic mass is 79.9. The minimum atomic E-state index is -0.728. The van der Waals surface area contributed by atoms with Gasteiger partial charge in [0, 0.05) is 5.70 Å². The van der Waals surface area contributed by atoms with E-state index in [1.54, 1.807) is 43.4 Å². The van der Waals surface area contributed by atoms with E-state index in [0.29, 0.717) is 33.8 Å². The minimum Gasteiger partial charge on any atom is -0.493 e. The van der Waals surface area contributed by atoms with Crippen molar-refractivity contribution in [3.05, 3.63) is 172 Å². The Morgan fingerprint density at radius 2 is 1.69 bits per heavy atom. The molecule has 1 heterocycles. The van der Waals surface area contributed by atoms with Gasteiger partial charge in [-0.05, 0) is 76.3 Å². The Morgan fingerprint density at radius 1 is 1.00 bits per heavy atom. The number of aliphatic imine (C=N–C) groups is 1. The lowest BCUT2D eigenvalue weighted by Crippen LogP contribution is -2.42. The summed E-state index contributed by atoms with van der Waals surface area (Å²) >= 11 is 4.58. The lowest BCUT2D eigenvalue weighted by molar-refractivity contribution is -0.126. The van der Waals surface area contributed by atoms with Crippen LogP contribution in [0.4, 0.5) is 0 Å². The van der Waals surface area contributed by atoms with E-state index < -0.39 is 17.9 Å². The van der Waals surface area contributed by atoms with Gasteiger partial charge in [0.05, 0.1) is 23.4 Å². The van der Waals surface area contributed by atoms with Crippen LogP contribution in [-0.2, 0) is 21.0 Å². The van der Waals surface area contributed by atoms with E-state index in [2.05, 4.69) is 32.8 Å². The molecule has 1 N–H and O–H groups in total. The van der Waals surface area contributed by atoms with Crippen LogP contribution in [-0.4, -0.2) is 40.7 Å². The number of methoxy groups -OCH3 is 1. The van der Waals surface area contributed by atoms with Gasteiger partial charge in [0.25, 0.3) is 11.8 Å². The molecule has 52 heavy (non-hydrogen) atoms. The molecule has 10 heteroatoms. The van der Waals surface area contributed by atoms with Gasteiger partial charge >= 0.3 is 0 Å². The summed E-state index contributed by atoms with van der Waals surface area (Å²) in [7, 11) is 1.52.